The number of hydrogen-bond acceptors (Lipinski definition) is 7. The third-order valence-electron chi connectivity index (χ3n) is 12.5. The summed E-state index contributed by atoms with van der Waals surface area (Å²) in [5.41, 5.74) is 1.64. The first-order chi connectivity index (χ1) is 25.5. The molecule has 0 radical (unpaired) electrons. The van der Waals surface area contributed by atoms with Crippen LogP contribution in [0.3, 0.4) is 0 Å². The highest BCUT2D eigenvalue weighted by atomic mass is 16.5. The van der Waals surface area contributed by atoms with Crippen LogP contribution in [0.2, 0.25) is 0 Å². The Morgan fingerprint density at radius 1 is 0.943 bits per heavy atom. The zero-order valence-corrected chi connectivity index (χ0v) is 31.4. The van der Waals surface area contributed by atoms with Crippen molar-refractivity contribution in [3.8, 4) is 11.5 Å². The van der Waals surface area contributed by atoms with Crippen LogP contribution in [0.15, 0.2) is 83.7 Å². The lowest BCUT2D eigenvalue weighted by Crippen LogP contribution is -2.65. The molecule has 284 valence electrons. The van der Waals surface area contributed by atoms with E-state index < -0.39 is 11.7 Å². The smallest absolute Gasteiger partial charge is 0.248 e. The Morgan fingerprint density at radius 2 is 1.68 bits per heavy atom. The van der Waals surface area contributed by atoms with Crippen molar-refractivity contribution in [2.45, 2.75) is 88.6 Å². The average molecular weight is 725 g/mol. The van der Waals surface area contributed by atoms with Gasteiger partial charge in [0.15, 0.2) is 0 Å². The number of aromatic nitrogens is 1. The molecule has 5 N–H and O–H groups in total. The maximum absolute atomic E-state index is 12.1. The van der Waals surface area contributed by atoms with Gasteiger partial charge in [0.05, 0.1) is 44.5 Å². The first-order valence-corrected chi connectivity index (χ1v) is 19.8. The number of aromatic hydroxyl groups is 1. The number of quaternary nitrogens is 1. The molecule has 1 aromatic heterocycles. The van der Waals surface area contributed by atoms with Crippen molar-refractivity contribution in [1.29, 1.82) is 0 Å². The summed E-state index contributed by atoms with van der Waals surface area (Å²) in [4.78, 5) is 14.4. The first-order valence-electron chi connectivity index (χ1n) is 19.8. The first kappa shape index (κ1) is 37.6. The summed E-state index contributed by atoms with van der Waals surface area (Å²) in [5, 5.41) is 37.4. The zero-order valence-electron chi connectivity index (χ0n) is 31.4. The number of aliphatic hydroxyl groups excluding tert-OH is 1. The average Bonchev–Trinajstić information content (AvgIpc) is 3.73. The van der Waals surface area contributed by atoms with Gasteiger partial charge in [0.1, 0.15) is 29.7 Å². The molecule has 3 saturated heterocycles. The second-order valence-corrected chi connectivity index (χ2v) is 16.7. The number of phenolic OH excluding ortho intramolecular Hbond substituents is 1. The van der Waals surface area contributed by atoms with Crippen LogP contribution in [0.1, 0.15) is 81.6 Å². The number of phenols is 1. The van der Waals surface area contributed by atoms with Gasteiger partial charge in [-0.2, -0.15) is 0 Å². The summed E-state index contributed by atoms with van der Waals surface area (Å²) in [6.07, 6.45) is 8.03. The van der Waals surface area contributed by atoms with Gasteiger partial charge < -0.3 is 39.6 Å². The minimum absolute atomic E-state index is 0.0209. The quantitative estimate of drug-likeness (QED) is 0.0674. The molecule has 53 heavy (non-hydrogen) atoms. The van der Waals surface area contributed by atoms with Crippen molar-refractivity contribution >= 4 is 10.9 Å². The molecule has 0 amide bonds. The van der Waals surface area contributed by atoms with Crippen molar-refractivity contribution in [2.75, 3.05) is 45.9 Å². The van der Waals surface area contributed by atoms with Crippen LogP contribution in [0, 0.1) is 11.8 Å². The summed E-state index contributed by atoms with van der Waals surface area (Å²) >= 11 is 0. The predicted octanol–water partition coefficient (Wildman–Crippen LogP) is 6.35. The fraction of sp³-hybridized carbons (Fsp3) is 0.523. The molecule has 4 aromatic rings. The molecular weight excluding hydrogens is 666 g/mol. The van der Waals surface area contributed by atoms with E-state index in [1.165, 1.54) is 56.5 Å². The summed E-state index contributed by atoms with van der Waals surface area (Å²) in [7, 11) is 0. The largest absolute Gasteiger partial charge is 0.506 e. The number of benzene rings is 3. The van der Waals surface area contributed by atoms with Gasteiger partial charge >= 0.3 is 0 Å². The Kier molecular flexibility index (Phi) is 11.3. The van der Waals surface area contributed by atoms with Crippen LogP contribution in [-0.2, 0) is 16.8 Å². The van der Waals surface area contributed by atoms with Crippen LogP contribution < -0.4 is 15.6 Å². The number of fused-ring (bicyclic) bond motifs is 4. The molecule has 0 unspecified atom stereocenters. The number of piperidine rings is 3. The van der Waals surface area contributed by atoms with E-state index in [-0.39, 0.29) is 28.9 Å². The lowest BCUT2D eigenvalue weighted by molar-refractivity contribution is -0.946. The van der Waals surface area contributed by atoms with Crippen molar-refractivity contribution in [3.63, 3.8) is 0 Å². The highest BCUT2D eigenvalue weighted by Gasteiger charge is 2.48. The van der Waals surface area contributed by atoms with Gasteiger partial charge in [-0.15, -0.1) is 0 Å². The number of β-amino-alcohol motifs (C(OH)–C–C–N with tert-alkyl or cyclic N) is 1. The molecule has 0 spiro atoms. The Labute approximate surface area is 313 Å². The van der Waals surface area contributed by atoms with Gasteiger partial charge in [0, 0.05) is 48.7 Å². The Balaban J connectivity index is 0.868. The Bertz CT molecular complexity index is 1860. The number of nitrogens with zero attached hydrogens (tertiary/aromatic N) is 1. The van der Waals surface area contributed by atoms with Gasteiger partial charge in [-0.05, 0) is 80.0 Å². The second kappa shape index (κ2) is 15.9. The van der Waals surface area contributed by atoms with Gasteiger partial charge in [-0.3, -0.25) is 4.79 Å². The molecule has 4 heterocycles. The van der Waals surface area contributed by atoms with E-state index in [1.54, 1.807) is 12.1 Å². The molecule has 4 aliphatic rings. The molecule has 2 bridgehead atoms. The van der Waals surface area contributed by atoms with E-state index in [1.807, 2.05) is 30.3 Å². The molecule has 3 aliphatic heterocycles. The van der Waals surface area contributed by atoms with Crippen molar-refractivity contribution in [3.05, 3.63) is 106 Å². The number of aliphatic hydroxyl groups is 2. The second-order valence-electron chi connectivity index (χ2n) is 16.7. The SMILES string of the molecule is CC(C)(Cc1ccc(OCCC[N+]23CCC(CC2)[C@@H](OC[C@@](O)(c2ccccc2)C2CCCC2)C3)cc1)NC[C@H](O)c1ccc(O)c2[nH]c(=O)ccc12. The van der Waals surface area contributed by atoms with Crippen LogP contribution in [0.5, 0.6) is 11.5 Å². The molecule has 9 nitrogen and oxygen atoms in total. The number of hydrogen-bond donors (Lipinski definition) is 5. The number of nitrogens with one attached hydrogen (secondary N) is 2. The third-order valence-corrected chi connectivity index (χ3v) is 12.5. The summed E-state index contributed by atoms with van der Waals surface area (Å²) in [6, 6.07) is 24.8. The van der Waals surface area contributed by atoms with E-state index >= 15 is 0 Å². The van der Waals surface area contributed by atoms with E-state index in [0.29, 0.717) is 42.1 Å². The van der Waals surface area contributed by atoms with Crippen LogP contribution >= 0.6 is 0 Å². The van der Waals surface area contributed by atoms with Crippen LogP contribution in [-0.4, -0.2) is 82.4 Å². The van der Waals surface area contributed by atoms with Crippen molar-refractivity contribution in [1.82, 2.24) is 10.3 Å². The number of ether oxygens (including phenoxy) is 2. The van der Waals surface area contributed by atoms with Gasteiger partial charge in [-0.25, -0.2) is 0 Å². The van der Waals surface area contributed by atoms with Crippen molar-refractivity contribution < 1.29 is 29.3 Å². The molecule has 1 saturated carbocycles. The van der Waals surface area contributed by atoms with Crippen LogP contribution in [0.25, 0.3) is 10.9 Å². The monoisotopic (exact) mass is 724 g/mol. The summed E-state index contributed by atoms with van der Waals surface area (Å²) in [5.74, 6) is 1.70. The lowest BCUT2D eigenvalue weighted by Gasteiger charge is -2.53. The normalized spacial score (nSPS) is 23.6. The fourth-order valence-electron chi connectivity index (χ4n) is 9.42. The van der Waals surface area contributed by atoms with Crippen molar-refractivity contribution in [2.24, 2.45) is 11.8 Å². The van der Waals surface area contributed by atoms with E-state index in [4.69, 9.17) is 9.47 Å². The molecule has 8 rings (SSSR count). The fourth-order valence-corrected chi connectivity index (χ4v) is 9.42. The predicted molar refractivity (Wildman–Crippen MR) is 208 cm³/mol. The molecule has 1 aliphatic carbocycles. The summed E-state index contributed by atoms with van der Waals surface area (Å²) in [6.45, 7) is 10.1. The van der Waals surface area contributed by atoms with Gasteiger partial charge in [0.2, 0.25) is 5.56 Å². The minimum atomic E-state index is -0.915. The summed E-state index contributed by atoms with van der Waals surface area (Å²) < 4.78 is 14.1. The highest BCUT2D eigenvalue weighted by molar-refractivity contribution is 5.87. The topological polar surface area (TPSA) is 124 Å². The van der Waals surface area contributed by atoms with E-state index in [2.05, 4.69) is 48.4 Å². The zero-order chi connectivity index (χ0) is 37.1. The molecule has 4 fully saturated rings. The molecule has 9 heteroatoms. The minimum Gasteiger partial charge on any atom is -0.506 e. The number of rotatable bonds is 16. The number of pyridine rings is 1. The molecule has 3 aromatic carbocycles. The number of aromatic amines is 1. The highest BCUT2D eigenvalue weighted by Crippen LogP contribution is 2.43. The Hall–Kier alpha value is -3.73. The van der Waals surface area contributed by atoms with Gasteiger partial charge in [0.25, 0.3) is 0 Å². The van der Waals surface area contributed by atoms with Gasteiger partial charge in [-0.1, -0.05) is 61.4 Å². The van der Waals surface area contributed by atoms with Crippen LogP contribution in [0.4, 0.5) is 0 Å². The van der Waals surface area contributed by atoms with E-state index in [0.717, 1.165) is 54.6 Å². The van der Waals surface area contributed by atoms with E-state index in [9.17, 15) is 20.1 Å². The maximum atomic E-state index is 12.1. The third kappa shape index (κ3) is 8.66. The maximum Gasteiger partial charge on any atom is 0.248 e. The lowest BCUT2D eigenvalue weighted by atomic mass is 9.80. The Morgan fingerprint density at radius 3 is 2.42 bits per heavy atom. The number of H-pyrrole nitrogens is 1. The standard InChI is InChI=1S/C44H57N3O6/c1-43(2,45-28-39(49)36-17-19-38(48)42-37(36)18-20-41(50)46-42)27-31-13-15-35(16-14-31)52-26-8-23-47-24-21-32(22-25-47)40(29-47)53-30-44(51,34-11-6-7-12-34)33-9-4-3-5-10-33/h3-5,9-10,13-20,32,34,39-40,45,49,51H,6-8,11-12,21-30H2,1-2H3,(H-,46,48,50)/p+1/t32?,39-,40-,44+,47?/m0/s1. The molecule has 3 atom stereocenters. The molecular formula is C44H58N3O6+.